The van der Waals surface area contributed by atoms with Crippen LogP contribution in [-0.4, -0.2) is 28.9 Å². The molecule has 5 nitrogen and oxygen atoms in total. The Bertz CT molecular complexity index is 481. The topological polar surface area (TPSA) is 71.2 Å². The quantitative estimate of drug-likeness (QED) is 0.656. The smallest absolute Gasteiger partial charge is 0.257 e. The van der Waals surface area contributed by atoms with Gasteiger partial charge in [0, 0.05) is 25.0 Å². The number of nitrogens with zero attached hydrogens (tertiary/aromatic N) is 2. The number of anilines is 1. The third kappa shape index (κ3) is 3.10. The molecular formula is C15H24N4O. The van der Waals surface area contributed by atoms with Crippen molar-refractivity contribution in [2.24, 2.45) is 11.8 Å². The molecular weight excluding hydrogens is 252 g/mol. The maximum absolute atomic E-state index is 12.6. The lowest BCUT2D eigenvalue weighted by Gasteiger charge is -2.33. The second kappa shape index (κ2) is 6.22. The molecule has 110 valence electrons. The first-order valence-corrected chi connectivity index (χ1v) is 7.23. The predicted molar refractivity (Wildman–Crippen MR) is 80.3 cm³/mol. The Morgan fingerprint density at radius 3 is 2.65 bits per heavy atom. The van der Waals surface area contributed by atoms with Crippen LogP contribution < -0.4 is 11.3 Å². The number of nitrogens with two attached hydrogens (primary N) is 1. The molecule has 5 heteroatoms. The molecule has 0 unspecified atom stereocenters. The molecule has 1 aromatic rings. The largest absolute Gasteiger partial charge is 0.339 e. The summed E-state index contributed by atoms with van der Waals surface area (Å²) in [5.74, 6) is 6.27. The predicted octanol–water partition coefficient (Wildman–Crippen LogP) is 2.33. The van der Waals surface area contributed by atoms with Gasteiger partial charge in [0.05, 0.1) is 11.3 Å². The zero-order chi connectivity index (χ0) is 14.7. The third-order valence-corrected chi connectivity index (χ3v) is 4.28. The molecule has 1 amide bonds. The van der Waals surface area contributed by atoms with Crippen LogP contribution in [0.5, 0.6) is 0 Å². The van der Waals surface area contributed by atoms with Crippen molar-refractivity contribution < 1.29 is 4.79 Å². The lowest BCUT2D eigenvalue weighted by Crippen LogP contribution is -2.39. The molecule has 3 N–H and O–H groups in total. The Hall–Kier alpha value is -1.62. The summed E-state index contributed by atoms with van der Waals surface area (Å²) in [5, 5.41) is 0. The second-order valence-electron chi connectivity index (χ2n) is 5.85. The first-order chi connectivity index (χ1) is 9.52. The van der Waals surface area contributed by atoms with Gasteiger partial charge in [0.1, 0.15) is 0 Å². The zero-order valence-corrected chi connectivity index (χ0v) is 12.5. The molecule has 1 aliphatic carbocycles. The van der Waals surface area contributed by atoms with Crippen LogP contribution in [-0.2, 0) is 0 Å². The molecule has 0 aromatic carbocycles. The van der Waals surface area contributed by atoms with Gasteiger partial charge in [-0.25, -0.2) is 0 Å². The van der Waals surface area contributed by atoms with E-state index in [4.69, 9.17) is 5.84 Å². The summed E-state index contributed by atoms with van der Waals surface area (Å²) >= 11 is 0. The highest BCUT2D eigenvalue weighted by Crippen LogP contribution is 2.28. The standard InChI is InChI=1S/C15H24N4O/c1-10-4-6-12(7-5-10)19(3)15(20)13-9-17-11(2)8-14(13)18-16/h8-10,12H,4-7,16H2,1-3H3,(H,17,18). The number of amides is 1. The maximum Gasteiger partial charge on any atom is 0.257 e. The number of hydrogen-bond donors (Lipinski definition) is 2. The van der Waals surface area contributed by atoms with Gasteiger partial charge in [-0.2, -0.15) is 0 Å². The minimum atomic E-state index is -0.00926. The van der Waals surface area contributed by atoms with E-state index in [-0.39, 0.29) is 5.91 Å². The van der Waals surface area contributed by atoms with Crippen LogP contribution in [0.3, 0.4) is 0 Å². The molecule has 0 atom stereocenters. The van der Waals surface area contributed by atoms with Crippen molar-refractivity contribution in [1.82, 2.24) is 9.88 Å². The molecule has 0 saturated heterocycles. The summed E-state index contributed by atoms with van der Waals surface area (Å²) in [5.41, 5.74) is 4.61. The van der Waals surface area contributed by atoms with E-state index >= 15 is 0 Å². The van der Waals surface area contributed by atoms with E-state index in [1.54, 1.807) is 12.3 Å². The van der Waals surface area contributed by atoms with Crippen LogP contribution in [0.1, 0.15) is 48.7 Å². The molecule has 1 fully saturated rings. The highest BCUT2D eigenvalue weighted by Gasteiger charge is 2.26. The van der Waals surface area contributed by atoms with Gasteiger partial charge in [0.2, 0.25) is 0 Å². The number of hydrazine groups is 1. The Labute approximate surface area is 120 Å². The van der Waals surface area contributed by atoms with Crippen LogP contribution in [0.2, 0.25) is 0 Å². The summed E-state index contributed by atoms with van der Waals surface area (Å²) in [6, 6.07) is 2.12. The number of pyridine rings is 1. The van der Waals surface area contributed by atoms with Crippen molar-refractivity contribution in [3.63, 3.8) is 0 Å². The van der Waals surface area contributed by atoms with E-state index in [1.807, 2.05) is 18.9 Å². The number of carbonyl (C=O) groups excluding carboxylic acids is 1. The summed E-state index contributed by atoms with van der Waals surface area (Å²) in [7, 11) is 1.88. The van der Waals surface area contributed by atoms with Crippen LogP contribution in [0.25, 0.3) is 0 Å². The van der Waals surface area contributed by atoms with Gasteiger partial charge < -0.3 is 10.3 Å². The number of nitrogen functional groups attached to an aromatic ring is 1. The van der Waals surface area contributed by atoms with E-state index in [9.17, 15) is 4.79 Å². The van der Waals surface area contributed by atoms with Gasteiger partial charge in [-0.3, -0.25) is 15.6 Å². The maximum atomic E-state index is 12.6. The molecule has 1 saturated carbocycles. The Balaban J connectivity index is 2.14. The fourth-order valence-electron chi connectivity index (χ4n) is 2.84. The summed E-state index contributed by atoms with van der Waals surface area (Å²) in [6.07, 6.45) is 6.14. The number of nitrogens with one attached hydrogen (secondary N) is 1. The second-order valence-corrected chi connectivity index (χ2v) is 5.85. The molecule has 2 rings (SSSR count). The number of aromatic nitrogens is 1. The minimum absolute atomic E-state index is 0.00926. The Kier molecular flexibility index (Phi) is 4.60. The number of carbonyl (C=O) groups is 1. The SMILES string of the molecule is Cc1cc(NN)c(C(=O)N(C)C2CCC(C)CC2)cn1. The van der Waals surface area contributed by atoms with Gasteiger partial charge in [-0.1, -0.05) is 6.92 Å². The van der Waals surface area contributed by atoms with Crippen molar-refractivity contribution in [3.8, 4) is 0 Å². The molecule has 1 aliphatic rings. The van der Waals surface area contributed by atoms with E-state index in [0.717, 1.165) is 24.5 Å². The van der Waals surface area contributed by atoms with Crippen LogP contribution in [0, 0.1) is 12.8 Å². The van der Waals surface area contributed by atoms with Gasteiger partial charge >= 0.3 is 0 Å². The summed E-state index contributed by atoms with van der Waals surface area (Å²) < 4.78 is 0. The fraction of sp³-hybridized carbons (Fsp3) is 0.600. The van der Waals surface area contributed by atoms with Crippen molar-refractivity contribution >= 4 is 11.6 Å². The third-order valence-electron chi connectivity index (χ3n) is 4.28. The molecule has 0 aliphatic heterocycles. The van der Waals surface area contributed by atoms with E-state index in [1.165, 1.54) is 12.8 Å². The average Bonchev–Trinajstić information content (AvgIpc) is 2.46. The normalized spacial score (nSPS) is 22.4. The van der Waals surface area contributed by atoms with Crippen molar-refractivity contribution in [1.29, 1.82) is 0 Å². The Morgan fingerprint density at radius 1 is 1.40 bits per heavy atom. The first kappa shape index (κ1) is 14.8. The van der Waals surface area contributed by atoms with Crippen LogP contribution in [0.15, 0.2) is 12.3 Å². The zero-order valence-electron chi connectivity index (χ0n) is 12.5. The lowest BCUT2D eigenvalue weighted by molar-refractivity contribution is 0.0680. The summed E-state index contributed by atoms with van der Waals surface area (Å²) in [6.45, 7) is 4.15. The van der Waals surface area contributed by atoms with Gasteiger partial charge in [-0.05, 0) is 44.6 Å². The van der Waals surface area contributed by atoms with Gasteiger partial charge in [0.25, 0.3) is 5.91 Å². The highest BCUT2D eigenvalue weighted by atomic mass is 16.2. The molecule has 0 bridgehead atoms. The van der Waals surface area contributed by atoms with Gasteiger partial charge in [-0.15, -0.1) is 0 Å². The Morgan fingerprint density at radius 2 is 2.05 bits per heavy atom. The molecule has 20 heavy (non-hydrogen) atoms. The monoisotopic (exact) mass is 276 g/mol. The first-order valence-electron chi connectivity index (χ1n) is 7.23. The molecule has 1 heterocycles. The number of aryl methyl sites for hydroxylation is 1. The lowest BCUT2D eigenvalue weighted by atomic mass is 9.86. The minimum Gasteiger partial charge on any atom is -0.339 e. The molecule has 1 aromatic heterocycles. The van der Waals surface area contributed by atoms with E-state index < -0.39 is 0 Å². The van der Waals surface area contributed by atoms with E-state index in [0.29, 0.717) is 17.3 Å². The number of hydrogen-bond acceptors (Lipinski definition) is 4. The number of rotatable bonds is 3. The highest BCUT2D eigenvalue weighted by molar-refractivity contribution is 5.99. The van der Waals surface area contributed by atoms with Crippen molar-refractivity contribution in [3.05, 3.63) is 23.5 Å². The van der Waals surface area contributed by atoms with Crippen molar-refractivity contribution in [2.45, 2.75) is 45.6 Å². The summed E-state index contributed by atoms with van der Waals surface area (Å²) in [4.78, 5) is 18.7. The van der Waals surface area contributed by atoms with Crippen LogP contribution >= 0.6 is 0 Å². The van der Waals surface area contributed by atoms with Crippen molar-refractivity contribution in [2.75, 3.05) is 12.5 Å². The van der Waals surface area contributed by atoms with Gasteiger partial charge in [0.15, 0.2) is 0 Å². The molecule has 0 spiro atoms. The average molecular weight is 276 g/mol. The van der Waals surface area contributed by atoms with E-state index in [2.05, 4.69) is 17.3 Å². The van der Waals surface area contributed by atoms with Crippen LogP contribution in [0.4, 0.5) is 5.69 Å². The fourth-order valence-corrected chi connectivity index (χ4v) is 2.84. The molecule has 0 radical (unpaired) electrons.